The molecule has 12 N–H and O–H groups in total. The molecule has 0 amide bonds. The number of rotatable bonds is 15. The molecule has 9 rings (SSSR count). The maximum Gasteiger partial charge on any atom is 0.187 e. The van der Waals surface area contributed by atoms with Crippen molar-refractivity contribution < 1.29 is 137 Å². The minimum absolute atomic E-state index is 0.0133. The Labute approximate surface area is 375 Å². The summed E-state index contributed by atoms with van der Waals surface area (Å²) in [6, 6.07) is 0. The van der Waals surface area contributed by atoms with Crippen LogP contribution in [-0.4, -0.2) is 299 Å². The first kappa shape index (κ1) is 49.8. The second-order valence-electron chi connectivity index (χ2n) is 17.7. The summed E-state index contributed by atoms with van der Waals surface area (Å²) < 4.78 is 91.9. The van der Waals surface area contributed by atoms with Gasteiger partial charge in [-0.2, -0.15) is 0 Å². The maximum atomic E-state index is 11.7. The van der Waals surface area contributed by atoms with Gasteiger partial charge in [-0.15, -0.1) is 0 Å². The fourth-order valence-electron chi connectivity index (χ4n) is 9.92. The SMILES string of the molecule is COC[C@H]1O[C@@H](O[C@H]2[C@H]3OC[C@@H]2O[C@@H](O[C@H]2[C@@H](O)[C@@H](COC)O[C@@H](O[C@H]4[C@H]5OC[C@@H]4O[C@@H](O[C@@H]4[C@@H](O)[C@H](O)O[C@H](CO)[C@@H]4O)[C@H]5O)[C@@H]2O)[C@H]3O)[C@H](O)[C@@H](O[C@@H]2O[C@H]3CO[C@@H]([C@@H]2O)[C@@H]3O)[C@H]1O. The van der Waals surface area contributed by atoms with Crippen molar-refractivity contribution in [3.8, 4) is 0 Å². The zero-order valence-electron chi connectivity index (χ0n) is 35.5. The molecular formula is C38H60O28. The van der Waals surface area contributed by atoms with Crippen molar-refractivity contribution in [2.24, 2.45) is 0 Å². The summed E-state index contributed by atoms with van der Waals surface area (Å²) in [4.78, 5) is 0. The Balaban J connectivity index is 0.844. The van der Waals surface area contributed by atoms with Crippen molar-refractivity contribution in [1.82, 2.24) is 0 Å². The molecule has 0 radical (unpaired) electrons. The van der Waals surface area contributed by atoms with E-state index in [1.807, 2.05) is 0 Å². The fraction of sp³-hybridized carbons (Fsp3) is 1.00. The Morgan fingerprint density at radius 2 is 0.727 bits per heavy atom. The molecule has 0 saturated carbocycles. The number of ether oxygens (including phenoxy) is 16. The van der Waals surface area contributed by atoms with E-state index in [1.165, 1.54) is 14.2 Å². The van der Waals surface area contributed by atoms with Gasteiger partial charge in [0.25, 0.3) is 0 Å². The third-order valence-electron chi connectivity index (χ3n) is 13.5. The van der Waals surface area contributed by atoms with E-state index in [-0.39, 0.29) is 33.0 Å². The van der Waals surface area contributed by atoms with E-state index in [9.17, 15) is 61.3 Å². The Hall–Kier alpha value is -1.12. The van der Waals surface area contributed by atoms with Gasteiger partial charge in [0.1, 0.15) is 146 Å². The average molecular weight is 965 g/mol. The number of aliphatic hydroxyl groups is 12. The Morgan fingerprint density at radius 1 is 0.364 bits per heavy atom. The van der Waals surface area contributed by atoms with Crippen LogP contribution in [0.1, 0.15) is 0 Å². The molecule has 0 aromatic rings. The second-order valence-corrected chi connectivity index (χ2v) is 17.7. The third kappa shape index (κ3) is 9.19. The molecule has 30 atom stereocenters. The smallest absolute Gasteiger partial charge is 0.187 e. The number of fused-ring (bicyclic) bond motifs is 6. The lowest BCUT2D eigenvalue weighted by Gasteiger charge is -2.48. The van der Waals surface area contributed by atoms with E-state index in [1.54, 1.807) is 0 Å². The van der Waals surface area contributed by atoms with Crippen LogP contribution in [-0.2, 0) is 75.8 Å². The molecule has 0 unspecified atom stereocenters. The van der Waals surface area contributed by atoms with Crippen molar-refractivity contribution in [2.45, 2.75) is 184 Å². The molecule has 9 aliphatic rings. The second kappa shape index (κ2) is 20.5. The summed E-state index contributed by atoms with van der Waals surface area (Å²) in [6.07, 6.45) is -42.5. The van der Waals surface area contributed by atoms with Crippen LogP contribution in [0.4, 0.5) is 0 Å². The van der Waals surface area contributed by atoms with Crippen molar-refractivity contribution in [3.63, 3.8) is 0 Å². The van der Waals surface area contributed by atoms with Crippen LogP contribution in [0, 0.1) is 0 Å². The normalized spacial score (nSPS) is 55.9. The summed E-state index contributed by atoms with van der Waals surface area (Å²) in [5.74, 6) is 0. The lowest BCUT2D eigenvalue weighted by atomic mass is 9.96. The zero-order valence-corrected chi connectivity index (χ0v) is 35.5. The zero-order chi connectivity index (χ0) is 46.9. The third-order valence-corrected chi connectivity index (χ3v) is 13.5. The number of methoxy groups -OCH3 is 2. The summed E-state index contributed by atoms with van der Waals surface area (Å²) in [7, 11) is 2.69. The van der Waals surface area contributed by atoms with Gasteiger partial charge in [-0.25, -0.2) is 0 Å². The van der Waals surface area contributed by atoms with Gasteiger partial charge in [-0.1, -0.05) is 0 Å². The van der Waals surface area contributed by atoms with Crippen LogP contribution in [0.15, 0.2) is 0 Å². The van der Waals surface area contributed by atoms with E-state index in [0.717, 1.165) is 0 Å². The monoisotopic (exact) mass is 964 g/mol. The first-order chi connectivity index (χ1) is 31.6. The van der Waals surface area contributed by atoms with E-state index in [0.29, 0.717) is 0 Å². The molecule has 9 fully saturated rings. The summed E-state index contributed by atoms with van der Waals surface area (Å²) >= 11 is 0. The van der Waals surface area contributed by atoms with Gasteiger partial charge in [0.05, 0.1) is 39.6 Å². The molecule has 380 valence electrons. The summed E-state index contributed by atoms with van der Waals surface area (Å²) in [5, 5.41) is 130. The van der Waals surface area contributed by atoms with Crippen LogP contribution in [0.25, 0.3) is 0 Å². The van der Waals surface area contributed by atoms with Crippen molar-refractivity contribution in [3.05, 3.63) is 0 Å². The highest BCUT2D eigenvalue weighted by Crippen LogP contribution is 2.41. The molecule has 0 aliphatic carbocycles. The lowest BCUT2D eigenvalue weighted by molar-refractivity contribution is -0.381. The molecule has 66 heavy (non-hydrogen) atoms. The summed E-state index contributed by atoms with van der Waals surface area (Å²) in [5.41, 5.74) is 0. The first-order valence-corrected chi connectivity index (χ1v) is 21.8. The Kier molecular flexibility index (Phi) is 15.5. The molecular weight excluding hydrogens is 904 g/mol. The van der Waals surface area contributed by atoms with Gasteiger partial charge < -0.3 is 137 Å². The molecule has 6 bridgehead atoms. The van der Waals surface area contributed by atoms with Crippen molar-refractivity contribution >= 4 is 0 Å². The molecule has 9 heterocycles. The highest BCUT2D eigenvalue weighted by Gasteiger charge is 2.61. The minimum Gasteiger partial charge on any atom is -0.394 e. The largest absolute Gasteiger partial charge is 0.394 e. The van der Waals surface area contributed by atoms with Gasteiger partial charge in [0.2, 0.25) is 0 Å². The first-order valence-electron chi connectivity index (χ1n) is 21.8. The molecule has 9 aliphatic heterocycles. The Bertz CT molecular complexity index is 1590. The quantitative estimate of drug-likeness (QED) is 0.0725. The fourth-order valence-corrected chi connectivity index (χ4v) is 9.92. The lowest BCUT2D eigenvalue weighted by Crippen LogP contribution is -2.66. The van der Waals surface area contributed by atoms with Crippen LogP contribution in [0.3, 0.4) is 0 Å². The molecule has 0 aromatic carbocycles. The number of hydrogen-bond acceptors (Lipinski definition) is 28. The van der Waals surface area contributed by atoms with E-state index >= 15 is 0 Å². The Morgan fingerprint density at radius 3 is 1.18 bits per heavy atom. The highest BCUT2D eigenvalue weighted by molar-refractivity contribution is 5.03. The van der Waals surface area contributed by atoms with Crippen molar-refractivity contribution in [1.29, 1.82) is 0 Å². The van der Waals surface area contributed by atoms with E-state index in [4.69, 9.17) is 75.8 Å². The predicted octanol–water partition coefficient (Wildman–Crippen LogP) is -9.66. The number of aliphatic hydroxyl groups excluding tert-OH is 12. The van der Waals surface area contributed by atoms with E-state index in [2.05, 4.69) is 0 Å². The molecule has 28 nitrogen and oxygen atoms in total. The van der Waals surface area contributed by atoms with Crippen molar-refractivity contribution in [2.75, 3.05) is 53.9 Å². The predicted molar refractivity (Wildman–Crippen MR) is 199 cm³/mol. The van der Waals surface area contributed by atoms with Gasteiger partial charge in [-0.05, 0) is 0 Å². The number of hydrogen-bond donors (Lipinski definition) is 12. The minimum atomic E-state index is -1.83. The molecule has 28 heteroatoms. The van der Waals surface area contributed by atoms with Crippen LogP contribution >= 0.6 is 0 Å². The highest BCUT2D eigenvalue weighted by atomic mass is 16.8. The topological polar surface area (TPSA) is 390 Å². The maximum absolute atomic E-state index is 11.7. The van der Waals surface area contributed by atoms with Crippen LogP contribution in [0.2, 0.25) is 0 Å². The average Bonchev–Trinajstić information content (AvgIpc) is 3.88. The van der Waals surface area contributed by atoms with E-state index < -0.39 is 191 Å². The van der Waals surface area contributed by atoms with Crippen LogP contribution in [0.5, 0.6) is 0 Å². The van der Waals surface area contributed by atoms with Gasteiger partial charge in [0, 0.05) is 14.2 Å². The molecule has 0 spiro atoms. The molecule has 9 saturated heterocycles. The summed E-state index contributed by atoms with van der Waals surface area (Å²) in [6.45, 7) is -1.47. The van der Waals surface area contributed by atoms with Gasteiger partial charge in [-0.3, -0.25) is 0 Å². The van der Waals surface area contributed by atoms with Gasteiger partial charge in [0.15, 0.2) is 37.7 Å². The van der Waals surface area contributed by atoms with Gasteiger partial charge >= 0.3 is 0 Å². The molecule has 0 aromatic heterocycles. The van der Waals surface area contributed by atoms with Crippen LogP contribution < -0.4 is 0 Å². The standard InChI is InChI=1S/C38H60O28/c1-51-4-10-17(42)29(65-34-20(45)27-16(41)12(59-34)6-53-27)21(46)35(57-10)63-26-14-8-55-32(26)24(49)38(61-14)66-30-18(43)11(5-52-2)58-36(22(30)47)62-25-13-7-54-31(25)23(48)37(60-13)64-28-15(40)9(3-39)56-33(50)19(28)44/h9-50H,3-8H2,1-2H3/t9-,10-,11-,12+,13+,14+,15+,16-,17+,18+,19-,20+,21-,22-,23+,24+,25-,26-,27-,28+,29+,30+,31+,32+,33-,34+,35+,36+,37+,38+/m1/s1.